The van der Waals surface area contributed by atoms with Gasteiger partial charge in [-0.25, -0.2) is 14.5 Å². The molecule has 6 nitrogen and oxygen atoms in total. The number of carboxylic acid groups (broad SMARTS) is 1. The van der Waals surface area contributed by atoms with Crippen LogP contribution >= 0.6 is 23.2 Å². The lowest BCUT2D eigenvalue weighted by molar-refractivity contribution is -0.388. The second-order valence-corrected chi connectivity index (χ2v) is 13.5. The lowest BCUT2D eigenvalue weighted by Crippen LogP contribution is -2.78. The van der Waals surface area contributed by atoms with E-state index in [0.717, 1.165) is 28.1 Å². The maximum absolute atomic E-state index is 12.0. The number of benzene rings is 4. The smallest absolute Gasteiger partial charge is 0.341 e. The molecule has 0 aliphatic rings. The number of carboxylic acids is 1. The molecule has 1 atom stereocenters. The Balaban J connectivity index is 1.53. The molecule has 5 aromatic rings. The zero-order valence-corrected chi connectivity index (χ0v) is 26.6. The zero-order chi connectivity index (χ0) is 30.9. The number of quaternary nitrogens is 1. The maximum Gasteiger partial charge on any atom is 0.341 e. The van der Waals surface area contributed by atoms with Gasteiger partial charge in [-0.2, -0.15) is 4.21 Å². The summed E-state index contributed by atoms with van der Waals surface area (Å²) in [6.07, 6.45) is 3.89. The first-order chi connectivity index (χ1) is 20.4. The Hall–Kier alpha value is -3.75. The van der Waals surface area contributed by atoms with Crippen LogP contribution in [0.15, 0.2) is 91.1 Å². The first kappa shape index (κ1) is 30.7. The average Bonchev–Trinajstić information content (AvgIpc) is 3.35. The fraction of sp³-hybridized carbons (Fsp3) is 0.176. The van der Waals surface area contributed by atoms with Crippen LogP contribution in [0.25, 0.3) is 28.1 Å². The molecule has 9 heteroatoms. The van der Waals surface area contributed by atoms with E-state index < -0.39 is 17.0 Å². The third-order valence-electron chi connectivity index (χ3n) is 7.22. The van der Waals surface area contributed by atoms with Crippen molar-refractivity contribution in [3.8, 4) is 28.1 Å². The molecule has 220 valence electrons. The fourth-order valence-electron chi connectivity index (χ4n) is 4.93. The molecule has 0 radical (unpaired) electrons. The Kier molecular flexibility index (Phi) is 8.90. The number of nitrogens with two attached hydrogens (primary N) is 1. The standard InChI is InChI=1S/C34H31Cl2N3O3S/c1-34(2,3)24-11-9-23(10-12-24)22-7-5-21(6-8-22)17-32-37-31(27-15-13-25(35)18-29(27)36)20-39(32)26-14-16-28(33(40)41)30(19-26)38-43(4)42/h5-16,18-20,38H,17H2,1-4H3,(H,40,41)/p+1. The van der Waals surface area contributed by atoms with Crippen molar-refractivity contribution in [2.75, 3.05) is 6.26 Å². The van der Waals surface area contributed by atoms with Gasteiger partial charge < -0.3 is 9.67 Å². The molecular weight excluding hydrogens is 601 g/mol. The summed E-state index contributed by atoms with van der Waals surface area (Å²) < 4.78 is 15.4. The normalized spacial score (nSPS) is 12.3. The van der Waals surface area contributed by atoms with Crippen molar-refractivity contribution in [1.29, 1.82) is 0 Å². The summed E-state index contributed by atoms with van der Waals surface area (Å²) >= 11 is 12.7. The largest absolute Gasteiger partial charge is 0.477 e. The number of halogens is 2. The molecule has 0 spiro atoms. The third-order valence-corrected chi connectivity index (χ3v) is 8.36. The molecule has 0 amide bonds. The van der Waals surface area contributed by atoms with Gasteiger partial charge in [-0.1, -0.05) is 92.5 Å². The highest BCUT2D eigenvalue weighted by Crippen LogP contribution is 2.32. The van der Waals surface area contributed by atoms with Crippen molar-refractivity contribution in [1.82, 2.24) is 9.55 Å². The van der Waals surface area contributed by atoms with Crippen LogP contribution in [0.1, 0.15) is 48.1 Å². The summed E-state index contributed by atoms with van der Waals surface area (Å²) in [4.78, 5) is 16.8. The van der Waals surface area contributed by atoms with Crippen molar-refractivity contribution in [3.63, 3.8) is 0 Å². The predicted octanol–water partition coefficient (Wildman–Crippen LogP) is 7.59. The van der Waals surface area contributed by atoms with E-state index in [2.05, 4.69) is 69.3 Å². The summed E-state index contributed by atoms with van der Waals surface area (Å²) in [5, 5.41) is 10.7. The highest BCUT2D eigenvalue weighted by molar-refractivity contribution is 7.77. The van der Waals surface area contributed by atoms with E-state index in [-0.39, 0.29) is 11.0 Å². The highest BCUT2D eigenvalue weighted by Gasteiger charge is 2.20. The Morgan fingerprint density at radius 2 is 1.58 bits per heavy atom. The quantitative estimate of drug-likeness (QED) is 0.172. The SMILES string of the molecule is CS(=O)[NH2+]c1cc(-n2cc(-c3ccc(Cl)cc3Cl)nc2Cc2ccc(-c3ccc(C(C)(C)C)cc3)cc2)ccc1C(=O)O. The Morgan fingerprint density at radius 1 is 0.930 bits per heavy atom. The van der Waals surface area contributed by atoms with Crippen LogP contribution in [0.4, 0.5) is 5.69 Å². The minimum Gasteiger partial charge on any atom is -0.477 e. The molecule has 1 heterocycles. The van der Waals surface area contributed by atoms with Gasteiger partial charge in [-0.3, -0.25) is 0 Å². The molecular formula is C34H32Cl2N3O3S+. The molecule has 0 bridgehead atoms. The zero-order valence-electron chi connectivity index (χ0n) is 24.3. The van der Waals surface area contributed by atoms with Gasteiger partial charge in [0, 0.05) is 29.3 Å². The lowest BCUT2D eigenvalue weighted by atomic mass is 9.86. The number of hydrogen-bond acceptors (Lipinski definition) is 3. The first-order valence-corrected chi connectivity index (χ1v) is 16.0. The molecule has 1 aromatic heterocycles. The summed E-state index contributed by atoms with van der Waals surface area (Å²) in [6, 6.07) is 27.3. The number of carbonyl (C=O) groups is 1. The molecule has 3 N–H and O–H groups in total. The first-order valence-electron chi connectivity index (χ1n) is 13.7. The second-order valence-electron chi connectivity index (χ2n) is 11.4. The Morgan fingerprint density at radius 3 is 2.16 bits per heavy atom. The Labute approximate surface area is 263 Å². The minimum atomic E-state index is -1.34. The van der Waals surface area contributed by atoms with Crippen LogP contribution in [0.3, 0.4) is 0 Å². The van der Waals surface area contributed by atoms with Gasteiger partial charge in [-0.15, -0.1) is 0 Å². The lowest BCUT2D eigenvalue weighted by Gasteiger charge is -2.19. The number of aromatic nitrogens is 2. The van der Waals surface area contributed by atoms with Crippen LogP contribution in [-0.4, -0.2) is 31.1 Å². The molecule has 5 rings (SSSR count). The van der Waals surface area contributed by atoms with Crippen molar-refractivity contribution in [2.24, 2.45) is 0 Å². The van der Waals surface area contributed by atoms with Crippen molar-refractivity contribution >= 4 is 45.8 Å². The fourth-order valence-corrected chi connectivity index (χ4v) is 5.98. The van der Waals surface area contributed by atoms with Gasteiger partial charge in [0.25, 0.3) is 0 Å². The molecule has 0 fully saturated rings. The van der Waals surface area contributed by atoms with E-state index >= 15 is 0 Å². The number of aromatic carboxylic acids is 1. The number of rotatable bonds is 8. The van der Waals surface area contributed by atoms with Gasteiger partial charge >= 0.3 is 5.97 Å². The summed E-state index contributed by atoms with van der Waals surface area (Å²) in [5.41, 5.74) is 7.23. The number of imidazole rings is 1. The molecule has 0 saturated heterocycles. The minimum absolute atomic E-state index is 0.0766. The topological polar surface area (TPSA) is 88.8 Å². The average molecular weight is 634 g/mol. The van der Waals surface area contributed by atoms with Crippen LogP contribution < -0.4 is 4.72 Å². The highest BCUT2D eigenvalue weighted by atomic mass is 35.5. The van der Waals surface area contributed by atoms with E-state index in [0.29, 0.717) is 33.5 Å². The molecule has 1 unspecified atom stereocenters. The third kappa shape index (κ3) is 7.08. The van der Waals surface area contributed by atoms with Crippen molar-refractivity contribution in [3.05, 3.63) is 124 Å². The van der Waals surface area contributed by atoms with E-state index in [1.54, 1.807) is 24.3 Å². The maximum atomic E-state index is 12.0. The van der Waals surface area contributed by atoms with Crippen molar-refractivity contribution in [2.45, 2.75) is 32.6 Å². The molecule has 4 aromatic carbocycles. The molecule has 0 aliphatic heterocycles. The van der Waals surface area contributed by atoms with Gasteiger partial charge in [0.1, 0.15) is 11.4 Å². The van der Waals surface area contributed by atoms with Gasteiger partial charge in [0.15, 0.2) is 5.69 Å². The molecule has 0 saturated carbocycles. The summed E-state index contributed by atoms with van der Waals surface area (Å²) in [6.45, 7) is 6.62. The predicted molar refractivity (Wildman–Crippen MR) is 175 cm³/mol. The van der Waals surface area contributed by atoms with Crippen LogP contribution in [0, 0.1) is 0 Å². The number of hydrogen-bond donors (Lipinski definition) is 2. The second kappa shape index (κ2) is 12.5. The summed E-state index contributed by atoms with van der Waals surface area (Å²) in [7, 11) is -1.34. The Bertz CT molecular complexity index is 1830. The van der Waals surface area contributed by atoms with E-state index in [9.17, 15) is 14.1 Å². The number of nitrogens with zero attached hydrogens (tertiary/aromatic N) is 2. The summed E-state index contributed by atoms with van der Waals surface area (Å²) in [5.74, 6) is -0.356. The van der Waals surface area contributed by atoms with Crippen LogP contribution in [0.5, 0.6) is 0 Å². The van der Waals surface area contributed by atoms with Gasteiger partial charge in [0.2, 0.25) is 11.0 Å². The van der Waals surface area contributed by atoms with Gasteiger partial charge in [-0.05, 0) is 58.0 Å². The van der Waals surface area contributed by atoms with Crippen molar-refractivity contribution < 1.29 is 18.8 Å². The van der Waals surface area contributed by atoms with E-state index in [4.69, 9.17) is 28.2 Å². The van der Waals surface area contributed by atoms with E-state index in [1.807, 2.05) is 16.8 Å². The van der Waals surface area contributed by atoms with Crippen LogP contribution in [0.2, 0.25) is 10.0 Å². The molecule has 0 aliphatic carbocycles. The van der Waals surface area contributed by atoms with E-state index in [1.165, 1.54) is 22.6 Å². The molecule has 43 heavy (non-hydrogen) atoms. The van der Waals surface area contributed by atoms with Crippen LogP contribution in [-0.2, 0) is 22.8 Å². The van der Waals surface area contributed by atoms with Gasteiger partial charge in [0.05, 0.1) is 22.7 Å². The monoisotopic (exact) mass is 632 g/mol.